The number of piperidine rings is 1. The molecule has 3 saturated heterocycles. The molecule has 3 aliphatic rings. The lowest BCUT2D eigenvalue weighted by Crippen LogP contribution is -2.51. The number of methoxy groups -OCH3 is 1. The quantitative estimate of drug-likeness (QED) is 0.551. The van der Waals surface area contributed by atoms with Crippen LogP contribution in [0.4, 0.5) is 0 Å². The Bertz CT molecular complexity index is 281. The van der Waals surface area contributed by atoms with Crippen molar-refractivity contribution in [1.82, 2.24) is 12.9 Å². The first kappa shape index (κ1) is 13.5. The van der Waals surface area contributed by atoms with Gasteiger partial charge in [-0.25, -0.2) is 3.11 Å². The van der Waals surface area contributed by atoms with Crippen molar-refractivity contribution in [2.24, 2.45) is 0 Å². The number of rotatable bonds is 4. The third kappa shape index (κ3) is 2.70. The van der Waals surface area contributed by atoms with E-state index in [0.717, 1.165) is 31.3 Å². The van der Waals surface area contributed by atoms with Crippen molar-refractivity contribution in [3.63, 3.8) is 0 Å². The smallest absolute Gasteiger partial charge is 0.0589 e. The van der Waals surface area contributed by atoms with Crippen molar-refractivity contribution in [1.29, 1.82) is 0 Å². The Hall–Kier alpha value is 0.570. The van der Waals surface area contributed by atoms with Crippen molar-refractivity contribution in [3.8, 4) is 0 Å². The zero-order valence-corrected chi connectivity index (χ0v) is 13.4. The summed E-state index contributed by atoms with van der Waals surface area (Å²) in [5, 5.41) is 0. The Kier molecular flexibility index (Phi) is 4.45. The molecule has 0 unspecified atom stereocenters. The van der Waals surface area contributed by atoms with Gasteiger partial charge in [-0.05, 0) is 32.4 Å². The number of piperazine rings is 1. The molecule has 104 valence electrons. The van der Waals surface area contributed by atoms with Crippen LogP contribution in [0.1, 0.15) is 19.3 Å². The van der Waals surface area contributed by atoms with Crippen LogP contribution in [0.25, 0.3) is 0 Å². The highest BCUT2D eigenvalue weighted by atomic mass is 127. The van der Waals surface area contributed by atoms with Gasteiger partial charge in [-0.1, -0.05) is 0 Å². The second kappa shape index (κ2) is 5.91. The van der Waals surface area contributed by atoms with E-state index in [4.69, 9.17) is 4.74 Å². The summed E-state index contributed by atoms with van der Waals surface area (Å²) in [6, 6.07) is 2.54. The van der Waals surface area contributed by atoms with Crippen molar-refractivity contribution in [3.05, 3.63) is 0 Å². The fourth-order valence-corrected chi connectivity index (χ4v) is 4.65. The van der Waals surface area contributed by atoms with E-state index >= 15 is 0 Å². The molecule has 0 aromatic carbocycles. The number of hydrogen-bond acceptors (Lipinski definition) is 4. The molecule has 18 heavy (non-hydrogen) atoms. The van der Waals surface area contributed by atoms with Crippen LogP contribution in [0, 0.1) is 0 Å². The maximum Gasteiger partial charge on any atom is 0.0589 e. The molecule has 0 N–H and O–H groups in total. The highest BCUT2D eigenvalue weighted by molar-refractivity contribution is 14.1. The zero-order chi connectivity index (χ0) is 12.5. The molecule has 0 amide bonds. The molecule has 3 aliphatic heterocycles. The summed E-state index contributed by atoms with van der Waals surface area (Å²) < 4.78 is 7.69. The lowest BCUT2D eigenvalue weighted by atomic mass is 10.0. The minimum Gasteiger partial charge on any atom is -0.383 e. The average Bonchev–Trinajstić information content (AvgIpc) is 2.96. The van der Waals surface area contributed by atoms with Crippen LogP contribution in [-0.2, 0) is 4.74 Å². The van der Waals surface area contributed by atoms with Crippen LogP contribution in [-0.4, -0.2) is 77.5 Å². The highest BCUT2D eigenvalue weighted by Gasteiger charge is 2.45. The van der Waals surface area contributed by atoms with Crippen LogP contribution >= 0.6 is 22.9 Å². The summed E-state index contributed by atoms with van der Waals surface area (Å²) in [6.07, 6.45) is 4.12. The van der Waals surface area contributed by atoms with E-state index in [1.54, 1.807) is 7.11 Å². The Morgan fingerprint density at radius 3 is 2.44 bits per heavy atom. The van der Waals surface area contributed by atoms with E-state index in [0.29, 0.717) is 0 Å². The maximum absolute atomic E-state index is 5.16. The molecular formula is C13H24IN3O. The van der Waals surface area contributed by atoms with Crippen LogP contribution in [0.3, 0.4) is 0 Å². The van der Waals surface area contributed by atoms with Gasteiger partial charge in [0.2, 0.25) is 0 Å². The molecule has 5 heteroatoms. The molecule has 2 bridgehead atoms. The lowest BCUT2D eigenvalue weighted by molar-refractivity contribution is 0.0671. The molecule has 0 aromatic rings. The topological polar surface area (TPSA) is 19.0 Å². The normalized spacial score (nSPS) is 35.7. The first-order chi connectivity index (χ1) is 8.78. The average molecular weight is 365 g/mol. The highest BCUT2D eigenvalue weighted by Crippen LogP contribution is 2.36. The van der Waals surface area contributed by atoms with Gasteiger partial charge in [0.15, 0.2) is 0 Å². The summed E-state index contributed by atoms with van der Waals surface area (Å²) in [5.41, 5.74) is 0. The molecule has 0 spiro atoms. The number of nitrogens with zero attached hydrogens (tertiary/aromatic N) is 3. The molecule has 3 rings (SSSR count). The molecule has 0 saturated carbocycles. The van der Waals surface area contributed by atoms with Crippen LogP contribution in [0.5, 0.6) is 0 Å². The molecule has 3 fully saturated rings. The summed E-state index contributed by atoms with van der Waals surface area (Å²) in [5.74, 6) is 0. The minimum atomic E-state index is 0.835. The fourth-order valence-electron chi connectivity index (χ4n) is 3.79. The number of ether oxygens (including phenoxy) is 1. The third-order valence-electron chi connectivity index (χ3n) is 4.85. The van der Waals surface area contributed by atoms with E-state index in [9.17, 15) is 0 Å². The summed E-state index contributed by atoms with van der Waals surface area (Å²) in [7, 11) is 1.80. The van der Waals surface area contributed by atoms with Crippen LogP contribution in [0.2, 0.25) is 0 Å². The molecule has 0 aliphatic carbocycles. The lowest BCUT2D eigenvalue weighted by Gasteiger charge is -2.41. The third-order valence-corrected chi connectivity index (χ3v) is 6.04. The van der Waals surface area contributed by atoms with Gasteiger partial charge in [-0.2, -0.15) is 0 Å². The van der Waals surface area contributed by atoms with Crippen LogP contribution < -0.4 is 0 Å². The minimum absolute atomic E-state index is 0.835. The predicted molar refractivity (Wildman–Crippen MR) is 81.0 cm³/mol. The second-order valence-corrected chi connectivity index (χ2v) is 7.13. The van der Waals surface area contributed by atoms with Gasteiger partial charge in [0, 0.05) is 67.7 Å². The van der Waals surface area contributed by atoms with Crippen molar-refractivity contribution >= 4 is 22.9 Å². The van der Waals surface area contributed by atoms with Crippen molar-refractivity contribution in [2.45, 2.75) is 37.4 Å². The van der Waals surface area contributed by atoms with Gasteiger partial charge >= 0.3 is 0 Å². The Morgan fingerprint density at radius 2 is 1.89 bits per heavy atom. The van der Waals surface area contributed by atoms with E-state index in [2.05, 4.69) is 35.8 Å². The van der Waals surface area contributed by atoms with E-state index in [1.807, 2.05) is 0 Å². The largest absolute Gasteiger partial charge is 0.383 e. The second-order valence-electron chi connectivity index (χ2n) is 5.89. The van der Waals surface area contributed by atoms with Gasteiger partial charge in [0.25, 0.3) is 0 Å². The Labute approximate surface area is 124 Å². The molecule has 0 aromatic heterocycles. The number of likely N-dealkylation sites (tertiary alicyclic amines) is 2. The van der Waals surface area contributed by atoms with Crippen molar-refractivity contribution < 1.29 is 4.74 Å². The summed E-state index contributed by atoms with van der Waals surface area (Å²) >= 11 is 2.51. The van der Waals surface area contributed by atoms with Gasteiger partial charge in [0.05, 0.1) is 6.61 Å². The first-order valence-corrected chi connectivity index (χ1v) is 8.14. The standard InChI is InChI=1S/C13H24IN3O/c1-18-7-6-15-4-2-11(3-5-15)16-9-13-8-12(16)10-17(13)14/h11-13H,2-10H2,1H3/t12-,13-/m1/s1. The molecule has 4 nitrogen and oxygen atoms in total. The Balaban J connectivity index is 1.46. The monoisotopic (exact) mass is 365 g/mol. The Morgan fingerprint density at radius 1 is 1.11 bits per heavy atom. The number of fused-ring (bicyclic) bond motifs is 2. The van der Waals surface area contributed by atoms with Gasteiger partial charge in [0.1, 0.15) is 0 Å². The number of halogens is 1. The fraction of sp³-hybridized carbons (Fsp3) is 1.00. The SMILES string of the molecule is COCCN1CCC(N2C[C@H]3C[C@@H]2CN3I)CC1. The first-order valence-electron chi connectivity index (χ1n) is 7.17. The molecule has 3 heterocycles. The van der Waals surface area contributed by atoms with E-state index in [1.165, 1.54) is 45.4 Å². The summed E-state index contributed by atoms with van der Waals surface area (Å²) in [4.78, 5) is 5.37. The van der Waals surface area contributed by atoms with Crippen molar-refractivity contribution in [2.75, 3.05) is 46.4 Å². The molecule has 0 radical (unpaired) electrons. The summed E-state index contributed by atoms with van der Waals surface area (Å²) in [6.45, 7) is 7.11. The molecular weight excluding hydrogens is 341 g/mol. The van der Waals surface area contributed by atoms with Gasteiger partial charge in [-0.3, -0.25) is 4.90 Å². The van der Waals surface area contributed by atoms with E-state index < -0.39 is 0 Å². The van der Waals surface area contributed by atoms with Gasteiger partial charge in [-0.15, -0.1) is 0 Å². The van der Waals surface area contributed by atoms with Crippen LogP contribution in [0.15, 0.2) is 0 Å². The van der Waals surface area contributed by atoms with Gasteiger partial charge < -0.3 is 9.64 Å². The van der Waals surface area contributed by atoms with E-state index in [-0.39, 0.29) is 0 Å². The predicted octanol–water partition coefficient (Wildman–Crippen LogP) is 1.21. The molecule has 2 atom stereocenters. The zero-order valence-electron chi connectivity index (χ0n) is 11.2. The maximum atomic E-state index is 5.16. The number of hydrogen-bond donors (Lipinski definition) is 0.